The number of aromatic nitrogens is 1. The van der Waals surface area contributed by atoms with Gasteiger partial charge in [-0.1, -0.05) is 26.0 Å². The fraction of sp³-hybridized carbons (Fsp3) is 0.542. The van der Waals surface area contributed by atoms with Gasteiger partial charge in [0, 0.05) is 24.7 Å². The van der Waals surface area contributed by atoms with Crippen molar-refractivity contribution in [1.29, 1.82) is 0 Å². The summed E-state index contributed by atoms with van der Waals surface area (Å²) in [7, 11) is 4.08. The van der Waals surface area contributed by atoms with Gasteiger partial charge in [0.2, 0.25) is 0 Å². The Labute approximate surface area is 175 Å². The van der Waals surface area contributed by atoms with Crippen molar-refractivity contribution < 1.29 is 9.90 Å². The standard InChI is InChI=1S/C24H37N3O2/c1-7-24(8-2,19-11-12-22(28)18(4)15-19)20-16-21(27(9-3)17-20)23(29)25-13-10-14-26(5)6/h11-12,15-17,28H,7-10,13-14H2,1-6H3,(H,25,29). The monoisotopic (exact) mass is 399 g/mol. The van der Waals surface area contributed by atoms with Gasteiger partial charge in [-0.3, -0.25) is 4.79 Å². The predicted octanol–water partition coefficient (Wildman–Crippen LogP) is 4.31. The van der Waals surface area contributed by atoms with E-state index < -0.39 is 0 Å². The molecule has 0 bridgehead atoms. The Kier molecular flexibility index (Phi) is 7.91. The summed E-state index contributed by atoms with van der Waals surface area (Å²) in [6.07, 6.45) is 4.90. The molecule has 2 rings (SSSR count). The molecule has 0 unspecified atom stereocenters. The van der Waals surface area contributed by atoms with Gasteiger partial charge in [-0.05, 0) is 82.6 Å². The molecule has 29 heavy (non-hydrogen) atoms. The largest absolute Gasteiger partial charge is 0.508 e. The van der Waals surface area contributed by atoms with Gasteiger partial charge in [-0.15, -0.1) is 0 Å². The molecule has 0 radical (unpaired) electrons. The molecule has 2 aromatic rings. The maximum Gasteiger partial charge on any atom is 0.267 e. The van der Waals surface area contributed by atoms with Crippen molar-refractivity contribution in [3.63, 3.8) is 0 Å². The minimum Gasteiger partial charge on any atom is -0.508 e. The first-order valence-corrected chi connectivity index (χ1v) is 10.7. The second-order valence-electron chi connectivity index (χ2n) is 8.10. The van der Waals surface area contributed by atoms with Crippen molar-refractivity contribution in [2.75, 3.05) is 27.2 Å². The van der Waals surface area contributed by atoms with Gasteiger partial charge >= 0.3 is 0 Å². The molecule has 0 spiro atoms. The van der Waals surface area contributed by atoms with E-state index in [0.29, 0.717) is 18.0 Å². The van der Waals surface area contributed by atoms with E-state index in [1.165, 1.54) is 5.56 Å². The van der Waals surface area contributed by atoms with Crippen molar-refractivity contribution >= 4 is 5.91 Å². The van der Waals surface area contributed by atoms with Crippen molar-refractivity contribution in [1.82, 2.24) is 14.8 Å². The molecular formula is C24H37N3O2. The van der Waals surface area contributed by atoms with Gasteiger partial charge in [0.25, 0.3) is 5.91 Å². The quantitative estimate of drug-likeness (QED) is 0.585. The highest BCUT2D eigenvalue weighted by atomic mass is 16.3. The number of hydrogen-bond acceptors (Lipinski definition) is 3. The number of nitrogens with zero attached hydrogens (tertiary/aromatic N) is 2. The Morgan fingerprint density at radius 3 is 2.38 bits per heavy atom. The van der Waals surface area contributed by atoms with Crippen LogP contribution in [0.2, 0.25) is 0 Å². The SMILES string of the molecule is CCn1cc(C(CC)(CC)c2ccc(O)c(C)c2)cc1C(=O)NCCCN(C)C. The molecule has 160 valence electrons. The number of nitrogens with one attached hydrogen (secondary N) is 1. The second kappa shape index (κ2) is 9.97. The topological polar surface area (TPSA) is 57.5 Å². The summed E-state index contributed by atoms with van der Waals surface area (Å²) < 4.78 is 2.05. The number of carbonyl (C=O) groups excluding carboxylic acids is 1. The number of rotatable bonds is 10. The zero-order chi connectivity index (χ0) is 21.6. The van der Waals surface area contributed by atoms with Crippen LogP contribution in [0.5, 0.6) is 5.75 Å². The minimum absolute atomic E-state index is 0.0140. The average Bonchev–Trinajstić information content (AvgIpc) is 3.14. The molecule has 5 heteroatoms. The fourth-order valence-electron chi connectivity index (χ4n) is 4.10. The van der Waals surface area contributed by atoms with Gasteiger partial charge in [-0.25, -0.2) is 0 Å². The van der Waals surface area contributed by atoms with Gasteiger partial charge in [0.05, 0.1) is 0 Å². The van der Waals surface area contributed by atoms with E-state index in [1.54, 1.807) is 6.07 Å². The van der Waals surface area contributed by atoms with E-state index >= 15 is 0 Å². The molecule has 1 aromatic carbocycles. The van der Waals surface area contributed by atoms with Crippen LogP contribution in [0.3, 0.4) is 0 Å². The van der Waals surface area contributed by atoms with Gasteiger partial charge < -0.3 is 19.9 Å². The lowest BCUT2D eigenvalue weighted by atomic mass is 9.71. The molecule has 0 aliphatic heterocycles. The highest BCUT2D eigenvalue weighted by Crippen LogP contribution is 2.41. The van der Waals surface area contributed by atoms with Crippen LogP contribution in [0.1, 0.15) is 67.2 Å². The average molecular weight is 400 g/mol. The predicted molar refractivity (Wildman–Crippen MR) is 120 cm³/mol. The molecule has 1 heterocycles. The lowest BCUT2D eigenvalue weighted by molar-refractivity contribution is 0.0943. The van der Waals surface area contributed by atoms with Crippen LogP contribution >= 0.6 is 0 Å². The fourth-order valence-corrected chi connectivity index (χ4v) is 4.10. The van der Waals surface area contributed by atoms with E-state index in [-0.39, 0.29) is 11.3 Å². The third-order valence-electron chi connectivity index (χ3n) is 6.05. The zero-order valence-electron chi connectivity index (χ0n) is 18.9. The number of aryl methyl sites for hydroxylation is 2. The van der Waals surface area contributed by atoms with Gasteiger partial charge in [-0.2, -0.15) is 0 Å². The molecular weight excluding hydrogens is 362 g/mol. The molecule has 5 nitrogen and oxygen atoms in total. The first kappa shape index (κ1) is 23.0. The van der Waals surface area contributed by atoms with E-state index in [4.69, 9.17) is 0 Å². The van der Waals surface area contributed by atoms with Crippen LogP contribution in [-0.2, 0) is 12.0 Å². The van der Waals surface area contributed by atoms with Gasteiger partial charge in [0.1, 0.15) is 11.4 Å². The minimum atomic E-state index is -0.182. The van der Waals surface area contributed by atoms with Gasteiger partial charge in [0.15, 0.2) is 0 Å². The van der Waals surface area contributed by atoms with Crippen LogP contribution in [-0.4, -0.2) is 47.7 Å². The molecule has 1 amide bonds. The van der Waals surface area contributed by atoms with Crippen molar-refractivity contribution in [2.45, 2.75) is 58.9 Å². The molecule has 0 atom stereocenters. The molecule has 2 N–H and O–H groups in total. The lowest BCUT2D eigenvalue weighted by Gasteiger charge is -2.32. The molecule has 0 aliphatic carbocycles. The maximum atomic E-state index is 12.8. The van der Waals surface area contributed by atoms with E-state index in [0.717, 1.165) is 43.5 Å². The number of aromatic hydroxyl groups is 1. The first-order valence-electron chi connectivity index (χ1n) is 10.7. The highest BCUT2D eigenvalue weighted by Gasteiger charge is 2.33. The summed E-state index contributed by atoms with van der Waals surface area (Å²) in [5.41, 5.74) is 3.76. The zero-order valence-corrected chi connectivity index (χ0v) is 18.9. The van der Waals surface area contributed by atoms with Crippen LogP contribution < -0.4 is 5.32 Å². The highest BCUT2D eigenvalue weighted by molar-refractivity contribution is 5.93. The Hall–Kier alpha value is -2.27. The number of carbonyl (C=O) groups is 1. The normalized spacial score (nSPS) is 11.8. The molecule has 0 aliphatic rings. The third kappa shape index (κ3) is 5.02. The lowest BCUT2D eigenvalue weighted by Crippen LogP contribution is -2.28. The Morgan fingerprint density at radius 1 is 1.14 bits per heavy atom. The summed E-state index contributed by atoms with van der Waals surface area (Å²) in [6.45, 7) is 10.8. The number of phenols is 1. The molecule has 0 saturated carbocycles. The summed E-state index contributed by atoms with van der Waals surface area (Å²) in [5, 5.41) is 13.0. The molecule has 1 aromatic heterocycles. The van der Waals surface area contributed by atoms with Crippen LogP contribution in [0, 0.1) is 6.92 Å². The van der Waals surface area contributed by atoms with E-state index in [9.17, 15) is 9.90 Å². The molecule has 0 fully saturated rings. The van der Waals surface area contributed by atoms with Crippen LogP contribution in [0.4, 0.5) is 0 Å². The Bertz CT molecular complexity index is 820. The smallest absolute Gasteiger partial charge is 0.267 e. The van der Waals surface area contributed by atoms with Crippen LogP contribution in [0.25, 0.3) is 0 Å². The first-order chi connectivity index (χ1) is 13.8. The Morgan fingerprint density at radius 2 is 1.83 bits per heavy atom. The number of hydrogen-bond donors (Lipinski definition) is 2. The summed E-state index contributed by atoms with van der Waals surface area (Å²) >= 11 is 0. The second-order valence-corrected chi connectivity index (χ2v) is 8.10. The van der Waals surface area contributed by atoms with Crippen molar-refractivity contribution in [2.24, 2.45) is 0 Å². The number of amides is 1. The van der Waals surface area contributed by atoms with Crippen molar-refractivity contribution in [3.8, 4) is 5.75 Å². The van der Waals surface area contributed by atoms with Crippen molar-refractivity contribution in [3.05, 3.63) is 52.8 Å². The Balaban J connectivity index is 2.36. The number of benzene rings is 1. The summed E-state index contributed by atoms with van der Waals surface area (Å²) in [5.74, 6) is 0.304. The van der Waals surface area contributed by atoms with Crippen LogP contribution in [0.15, 0.2) is 30.5 Å². The number of phenolic OH excluding ortho intramolecular Hbond substituents is 1. The summed E-state index contributed by atoms with van der Waals surface area (Å²) in [6, 6.07) is 7.92. The van der Waals surface area contributed by atoms with E-state index in [1.807, 2.05) is 31.7 Å². The third-order valence-corrected chi connectivity index (χ3v) is 6.05. The molecule has 0 saturated heterocycles. The maximum absolute atomic E-state index is 12.8. The summed E-state index contributed by atoms with van der Waals surface area (Å²) in [4.78, 5) is 15.0. The van der Waals surface area contributed by atoms with E-state index in [2.05, 4.69) is 49.3 Å².